The predicted molar refractivity (Wildman–Crippen MR) is 75.3 cm³/mol. The van der Waals surface area contributed by atoms with Crippen molar-refractivity contribution in [2.75, 3.05) is 18.9 Å². The quantitative estimate of drug-likeness (QED) is 0.808. The van der Waals surface area contributed by atoms with Crippen molar-refractivity contribution in [1.29, 1.82) is 0 Å². The molecule has 3 N–H and O–H groups in total. The molecule has 1 rings (SSSR count). The van der Waals surface area contributed by atoms with Gasteiger partial charge in [0.25, 0.3) is 0 Å². The summed E-state index contributed by atoms with van der Waals surface area (Å²) >= 11 is 0. The van der Waals surface area contributed by atoms with Crippen LogP contribution in [0.4, 0.5) is 5.69 Å². The number of nitrogens with zero attached hydrogens (tertiary/aromatic N) is 1. The van der Waals surface area contributed by atoms with Gasteiger partial charge in [0.15, 0.2) is 0 Å². The van der Waals surface area contributed by atoms with Gasteiger partial charge >= 0.3 is 0 Å². The highest BCUT2D eigenvalue weighted by molar-refractivity contribution is 5.90. The maximum absolute atomic E-state index is 11.7. The number of hydrogen-bond acceptors (Lipinski definition) is 3. The zero-order valence-corrected chi connectivity index (χ0v) is 11.4. The second kappa shape index (κ2) is 7.13. The van der Waals surface area contributed by atoms with E-state index in [0.717, 1.165) is 17.8 Å². The van der Waals surface area contributed by atoms with Crippen molar-refractivity contribution in [1.82, 2.24) is 4.90 Å². The summed E-state index contributed by atoms with van der Waals surface area (Å²) in [4.78, 5) is 13.9. The predicted octanol–water partition coefficient (Wildman–Crippen LogP) is 1.81. The van der Waals surface area contributed by atoms with E-state index >= 15 is 0 Å². The third-order valence-electron chi connectivity index (χ3n) is 3.05. The van der Waals surface area contributed by atoms with Crippen molar-refractivity contribution in [3.05, 3.63) is 29.8 Å². The number of carbonyl (C=O) groups excluding carboxylic acids is 1. The highest BCUT2D eigenvalue weighted by Gasteiger charge is 2.07. The van der Waals surface area contributed by atoms with Crippen molar-refractivity contribution in [3.63, 3.8) is 0 Å². The maximum atomic E-state index is 11.7. The lowest BCUT2D eigenvalue weighted by atomic mass is 10.2. The zero-order chi connectivity index (χ0) is 13.5. The van der Waals surface area contributed by atoms with Crippen LogP contribution in [0.25, 0.3) is 0 Å². The Balaban J connectivity index is 2.39. The number of carbonyl (C=O) groups is 1. The maximum Gasteiger partial charge on any atom is 0.225 e. The van der Waals surface area contributed by atoms with E-state index in [-0.39, 0.29) is 5.91 Å². The zero-order valence-electron chi connectivity index (χ0n) is 11.4. The molecule has 0 radical (unpaired) electrons. The summed E-state index contributed by atoms with van der Waals surface area (Å²) in [5.74, 6) is 0.0444. The monoisotopic (exact) mass is 249 g/mol. The van der Waals surface area contributed by atoms with Crippen LogP contribution in [-0.4, -0.2) is 30.4 Å². The number of benzene rings is 1. The average molecular weight is 249 g/mol. The van der Waals surface area contributed by atoms with E-state index in [4.69, 9.17) is 5.73 Å². The fourth-order valence-electron chi connectivity index (χ4n) is 1.48. The lowest BCUT2D eigenvalue weighted by Gasteiger charge is -2.20. The van der Waals surface area contributed by atoms with Crippen molar-refractivity contribution >= 4 is 11.6 Å². The van der Waals surface area contributed by atoms with Gasteiger partial charge in [-0.2, -0.15) is 0 Å². The number of rotatable bonds is 6. The molecule has 100 valence electrons. The van der Waals surface area contributed by atoms with Crippen LogP contribution >= 0.6 is 0 Å². The lowest BCUT2D eigenvalue weighted by Crippen LogP contribution is -2.29. The molecular formula is C14H23N3O. The Bertz CT molecular complexity index is 373. The number of amides is 1. The van der Waals surface area contributed by atoms with Gasteiger partial charge in [0.1, 0.15) is 0 Å². The van der Waals surface area contributed by atoms with Crippen molar-refractivity contribution in [2.45, 2.75) is 32.9 Å². The molecule has 0 aliphatic rings. The van der Waals surface area contributed by atoms with Crippen LogP contribution in [-0.2, 0) is 11.3 Å². The Morgan fingerprint density at radius 1 is 1.33 bits per heavy atom. The first kappa shape index (κ1) is 14.7. The fraction of sp³-hybridized carbons (Fsp3) is 0.500. The van der Waals surface area contributed by atoms with Crippen LogP contribution in [0.2, 0.25) is 0 Å². The fourth-order valence-corrected chi connectivity index (χ4v) is 1.48. The van der Waals surface area contributed by atoms with Gasteiger partial charge in [0.2, 0.25) is 5.91 Å². The normalized spacial score (nSPS) is 11.0. The van der Waals surface area contributed by atoms with Gasteiger partial charge in [-0.1, -0.05) is 12.1 Å². The summed E-state index contributed by atoms with van der Waals surface area (Å²) in [7, 11) is 2.02. The number of nitrogens with one attached hydrogen (secondary N) is 1. The minimum Gasteiger partial charge on any atom is -0.326 e. The van der Waals surface area contributed by atoms with Gasteiger partial charge in [-0.15, -0.1) is 0 Å². The third kappa shape index (κ3) is 4.85. The van der Waals surface area contributed by atoms with Gasteiger partial charge in [-0.05, 0) is 38.6 Å². The summed E-state index contributed by atoms with van der Waals surface area (Å²) in [6.07, 6.45) is 0.507. The molecule has 0 bridgehead atoms. The van der Waals surface area contributed by atoms with Crippen LogP contribution in [0.5, 0.6) is 0 Å². The molecule has 4 heteroatoms. The Hall–Kier alpha value is -1.39. The van der Waals surface area contributed by atoms with Crippen LogP contribution < -0.4 is 11.1 Å². The minimum atomic E-state index is 0.0444. The Morgan fingerprint density at radius 2 is 1.94 bits per heavy atom. The molecule has 0 saturated carbocycles. The van der Waals surface area contributed by atoms with Crippen LogP contribution in [0.15, 0.2) is 24.3 Å². The van der Waals surface area contributed by atoms with E-state index in [1.807, 2.05) is 31.3 Å². The van der Waals surface area contributed by atoms with Crippen molar-refractivity contribution in [3.8, 4) is 0 Å². The molecule has 0 atom stereocenters. The first-order valence-corrected chi connectivity index (χ1v) is 6.32. The standard InChI is InChI=1S/C14H23N3O/c1-11(2)17(3)9-8-14(18)16-13-6-4-12(10-15)5-7-13/h4-7,11H,8-10,15H2,1-3H3,(H,16,18). The van der Waals surface area contributed by atoms with E-state index < -0.39 is 0 Å². The molecule has 0 heterocycles. The van der Waals surface area contributed by atoms with E-state index in [9.17, 15) is 4.79 Å². The summed E-state index contributed by atoms with van der Waals surface area (Å²) < 4.78 is 0. The Kier molecular flexibility index (Phi) is 5.82. The summed E-state index contributed by atoms with van der Waals surface area (Å²) in [5.41, 5.74) is 7.40. The first-order chi connectivity index (χ1) is 8.52. The van der Waals surface area contributed by atoms with Gasteiger partial charge in [0, 0.05) is 31.2 Å². The summed E-state index contributed by atoms with van der Waals surface area (Å²) in [5, 5.41) is 2.88. The molecule has 1 aromatic rings. The van der Waals surface area contributed by atoms with Crippen LogP contribution in [0.3, 0.4) is 0 Å². The minimum absolute atomic E-state index is 0.0444. The summed E-state index contributed by atoms with van der Waals surface area (Å²) in [6, 6.07) is 8.08. The molecule has 0 aliphatic carbocycles. The van der Waals surface area contributed by atoms with E-state index in [1.165, 1.54) is 0 Å². The molecule has 1 amide bonds. The van der Waals surface area contributed by atoms with Crippen molar-refractivity contribution in [2.24, 2.45) is 5.73 Å². The molecule has 0 aromatic heterocycles. The van der Waals surface area contributed by atoms with Crippen molar-refractivity contribution < 1.29 is 4.79 Å². The molecule has 0 spiro atoms. The SMILES string of the molecule is CC(C)N(C)CCC(=O)Nc1ccc(CN)cc1. The Labute approximate surface area is 109 Å². The highest BCUT2D eigenvalue weighted by atomic mass is 16.1. The summed E-state index contributed by atoms with van der Waals surface area (Å²) in [6.45, 7) is 5.52. The van der Waals surface area contributed by atoms with Crippen LogP contribution in [0, 0.1) is 0 Å². The van der Waals surface area contributed by atoms with E-state index in [0.29, 0.717) is 19.0 Å². The average Bonchev–Trinajstić information content (AvgIpc) is 2.36. The number of anilines is 1. The largest absolute Gasteiger partial charge is 0.326 e. The number of hydrogen-bond donors (Lipinski definition) is 2. The topological polar surface area (TPSA) is 58.4 Å². The lowest BCUT2D eigenvalue weighted by molar-refractivity contribution is -0.116. The smallest absolute Gasteiger partial charge is 0.225 e. The molecule has 0 saturated heterocycles. The molecule has 18 heavy (non-hydrogen) atoms. The van der Waals surface area contributed by atoms with E-state index in [1.54, 1.807) is 0 Å². The molecule has 1 aromatic carbocycles. The Morgan fingerprint density at radius 3 is 2.44 bits per heavy atom. The third-order valence-corrected chi connectivity index (χ3v) is 3.05. The molecule has 0 aliphatic heterocycles. The van der Waals surface area contributed by atoms with Gasteiger partial charge in [0.05, 0.1) is 0 Å². The van der Waals surface area contributed by atoms with Gasteiger partial charge in [-0.3, -0.25) is 4.79 Å². The van der Waals surface area contributed by atoms with Gasteiger partial charge in [-0.25, -0.2) is 0 Å². The van der Waals surface area contributed by atoms with E-state index in [2.05, 4.69) is 24.1 Å². The molecule has 4 nitrogen and oxygen atoms in total. The second-order valence-electron chi connectivity index (χ2n) is 4.77. The van der Waals surface area contributed by atoms with Crippen LogP contribution in [0.1, 0.15) is 25.8 Å². The molecule has 0 unspecified atom stereocenters. The van der Waals surface area contributed by atoms with Gasteiger partial charge < -0.3 is 16.0 Å². The number of nitrogens with two attached hydrogens (primary N) is 1. The molecule has 0 fully saturated rings. The highest BCUT2D eigenvalue weighted by Crippen LogP contribution is 2.09. The second-order valence-corrected chi connectivity index (χ2v) is 4.77. The molecular weight excluding hydrogens is 226 g/mol. The first-order valence-electron chi connectivity index (χ1n) is 6.32.